The molecule has 1 aromatic heterocycles. The van der Waals surface area contributed by atoms with E-state index < -0.39 is 0 Å². The molecular formula is C16H17FN2O. The number of aromatic nitrogens is 1. The zero-order valence-electron chi connectivity index (χ0n) is 11.4. The average Bonchev–Trinajstić information content (AvgIpc) is 2.89. The maximum Gasteiger partial charge on any atom is 0.224 e. The fraction of sp³-hybridized carbons (Fsp3) is 0.312. The van der Waals surface area contributed by atoms with Gasteiger partial charge < -0.3 is 10.5 Å². The van der Waals surface area contributed by atoms with Crippen molar-refractivity contribution in [1.29, 1.82) is 0 Å². The summed E-state index contributed by atoms with van der Waals surface area (Å²) in [6.07, 6.45) is 3.09. The van der Waals surface area contributed by atoms with Crippen molar-refractivity contribution >= 4 is 0 Å². The van der Waals surface area contributed by atoms with Crippen molar-refractivity contribution in [3.8, 4) is 11.6 Å². The van der Waals surface area contributed by atoms with Crippen molar-refractivity contribution in [2.24, 2.45) is 5.73 Å². The highest BCUT2D eigenvalue weighted by Gasteiger charge is 2.18. The summed E-state index contributed by atoms with van der Waals surface area (Å²) in [6.45, 7) is 2.23. The summed E-state index contributed by atoms with van der Waals surface area (Å²) in [7, 11) is 0. The van der Waals surface area contributed by atoms with Crippen molar-refractivity contribution in [3.63, 3.8) is 0 Å². The van der Waals surface area contributed by atoms with Crippen LogP contribution in [0.2, 0.25) is 0 Å². The summed E-state index contributed by atoms with van der Waals surface area (Å²) in [5, 5.41) is 0. The molecule has 0 radical (unpaired) electrons. The molecule has 1 aromatic carbocycles. The van der Waals surface area contributed by atoms with Gasteiger partial charge in [0.1, 0.15) is 0 Å². The topological polar surface area (TPSA) is 48.1 Å². The van der Waals surface area contributed by atoms with E-state index in [1.807, 2.05) is 13.0 Å². The second kappa shape index (κ2) is 5.21. The largest absolute Gasteiger partial charge is 0.436 e. The first-order valence-corrected chi connectivity index (χ1v) is 6.83. The Morgan fingerprint density at radius 1 is 1.30 bits per heavy atom. The Balaban J connectivity index is 1.99. The van der Waals surface area contributed by atoms with Crippen LogP contribution in [0.15, 0.2) is 24.3 Å². The summed E-state index contributed by atoms with van der Waals surface area (Å²) in [5.74, 6) is 0.240. The molecule has 104 valence electrons. The van der Waals surface area contributed by atoms with Crippen LogP contribution in [0.25, 0.3) is 0 Å². The Bertz CT molecular complexity index is 655. The van der Waals surface area contributed by atoms with Crippen LogP contribution in [0.3, 0.4) is 0 Å². The Morgan fingerprint density at radius 2 is 2.15 bits per heavy atom. The summed E-state index contributed by atoms with van der Waals surface area (Å²) in [4.78, 5) is 4.52. The minimum absolute atomic E-state index is 0.199. The predicted octanol–water partition coefficient (Wildman–Crippen LogP) is 3.27. The van der Waals surface area contributed by atoms with Crippen molar-refractivity contribution in [2.75, 3.05) is 0 Å². The second-order valence-corrected chi connectivity index (χ2v) is 5.15. The zero-order valence-corrected chi connectivity index (χ0v) is 11.4. The zero-order chi connectivity index (χ0) is 14.1. The number of nitrogens with two attached hydrogens (primary N) is 1. The monoisotopic (exact) mass is 272 g/mol. The van der Waals surface area contributed by atoms with E-state index in [1.165, 1.54) is 11.6 Å². The molecule has 4 heteroatoms. The number of aryl methyl sites for hydroxylation is 3. The summed E-state index contributed by atoms with van der Waals surface area (Å²) in [5.41, 5.74) is 9.80. The minimum atomic E-state index is -0.388. The summed E-state index contributed by atoms with van der Waals surface area (Å²) >= 11 is 0. The van der Waals surface area contributed by atoms with Gasteiger partial charge in [-0.1, -0.05) is 6.07 Å². The van der Waals surface area contributed by atoms with Gasteiger partial charge in [0.2, 0.25) is 5.88 Å². The lowest BCUT2D eigenvalue weighted by Crippen LogP contribution is -2.04. The molecule has 20 heavy (non-hydrogen) atoms. The normalized spacial score (nSPS) is 13.3. The first kappa shape index (κ1) is 13.1. The van der Waals surface area contributed by atoms with E-state index in [2.05, 4.69) is 4.98 Å². The van der Waals surface area contributed by atoms with E-state index in [1.54, 1.807) is 12.1 Å². The highest BCUT2D eigenvalue weighted by atomic mass is 19.1. The molecule has 0 unspecified atom stereocenters. The second-order valence-electron chi connectivity index (χ2n) is 5.15. The molecule has 0 atom stereocenters. The van der Waals surface area contributed by atoms with Crippen LogP contribution < -0.4 is 10.5 Å². The molecule has 1 heterocycles. The van der Waals surface area contributed by atoms with E-state index >= 15 is 0 Å². The highest BCUT2D eigenvalue weighted by molar-refractivity contribution is 5.40. The molecule has 0 aliphatic heterocycles. The number of nitrogens with zero attached hydrogens (tertiary/aromatic N) is 1. The molecule has 0 fully saturated rings. The summed E-state index contributed by atoms with van der Waals surface area (Å²) < 4.78 is 19.5. The lowest BCUT2D eigenvalue weighted by Gasteiger charge is -2.12. The van der Waals surface area contributed by atoms with Crippen molar-refractivity contribution < 1.29 is 9.13 Å². The van der Waals surface area contributed by atoms with Gasteiger partial charge in [-0.15, -0.1) is 0 Å². The molecule has 1 aliphatic rings. The Morgan fingerprint density at radius 3 is 2.95 bits per heavy atom. The minimum Gasteiger partial charge on any atom is -0.436 e. The van der Waals surface area contributed by atoms with Gasteiger partial charge in [0.05, 0.1) is 0 Å². The molecule has 1 aliphatic carbocycles. The fourth-order valence-corrected chi connectivity index (χ4v) is 2.53. The molecule has 0 amide bonds. The van der Waals surface area contributed by atoms with Crippen LogP contribution in [-0.4, -0.2) is 4.98 Å². The van der Waals surface area contributed by atoms with Gasteiger partial charge in [0.15, 0.2) is 11.6 Å². The number of halogens is 1. The van der Waals surface area contributed by atoms with E-state index in [0.717, 1.165) is 36.1 Å². The van der Waals surface area contributed by atoms with E-state index in [0.29, 0.717) is 12.4 Å². The van der Waals surface area contributed by atoms with Crippen LogP contribution in [0.5, 0.6) is 11.6 Å². The van der Waals surface area contributed by atoms with E-state index in [-0.39, 0.29) is 11.6 Å². The molecule has 2 aromatic rings. The van der Waals surface area contributed by atoms with Crippen LogP contribution >= 0.6 is 0 Å². The van der Waals surface area contributed by atoms with Gasteiger partial charge in [-0.2, -0.15) is 0 Å². The van der Waals surface area contributed by atoms with Crippen molar-refractivity contribution in [3.05, 3.63) is 52.5 Å². The van der Waals surface area contributed by atoms with Gasteiger partial charge in [0.25, 0.3) is 0 Å². The smallest absolute Gasteiger partial charge is 0.224 e. The third-order valence-electron chi connectivity index (χ3n) is 3.60. The van der Waals surface area contributed by atoms with Gasteiger partial charge in [0, 0.05) is 17.8 Å². The predicted molar refractivity (Wildman–Crippen MR) is 75.4 cm³/mol. The number of rotatable bonds is 3. The molecule has 3 nitrogen and oxygen atoms in total. The number of hydrogen-bond acceptors (Lipinski definition) is 3. The average molecular weight is 272 g/mol. The molecule has 0 saturated carbocycles. The molecular weight excluding hydrogens is 255 g/mol. The number of fused-ring (bicyclic) bond motifs is 1. The lowest BCUT2D eigenvalue weighted by molar-refractivity contribution is 0.421. The lowest BCUT2D eigenvalue weighted by atomic mass is 10.1. The van der Waals surface area contributed by atoms with Gasteiger partial charge in [-0.3, -0.25) is 0 Å². The van der Waals surface area contributed by atoms with Crippen LogP contribution in [0.1, 0.15) is 28.8 Å². The van der Waals surface area contributed by atoms with Crippen molar-refractivity contribution in [2.45, 2.75) is 32.7 Å². The number of pyridine rings is 1. The quantitative estimate of drug-likeness (QED) is 0.932. The molecule has 0 spiro atoms. The van der Waals surface area contributed by atoms with Crippen LogP contribution in [0.4, 0.5) is 4.39 Å². The molecule has 0 saturated heterocycles. The standard InChI is InChI=1S/C16H17FN2O/c1-10-5-6-13(17)15(7-10)20-16-12(9-18)8-11-3-2-4-14(11)19-16/h5-8H,2-4,9,18H2,1H3. The SMILES string of the molecule is Cc1ccc(F)c(Oc2nc3c(cc2CN)CCC3)c1. The Hall–Kier alpha value is -1.94. The third kappa shape index (κ3) is 2.39. The third-order valence-corrected chi connectivity index (χ3v) is 3.60. The van der Waals surface area contributed by atoms with E-state index in [9.17, 15) is 4.39 Å². The number of ether oxygens (including phenoxy) is 1. The fourth-order valence-electron chi connectivity index (χ4n) is 2.53. The summed E-state index contributed by atoms with van der Waals surface area (Å²) in [6, 6.07) is 6.82. The number of benzene rings is 1. The number of hydrogen-bond donors (Lipinski definition) is 1. The first-order chi connectivity index (χ1) is 9.67. The molecule has 0 bridgehead atoms. The van der Waals surface area contributed by atoms with E-state index in [4.69, 9.17) is 10.5 Å². The van der Waals surface area contributed by atoms with Gasteiger partial charge >= 0.3 is 0 Å². The Labute approximate surface area is 117 Å². The van der Waals surface area contributed by atoms with Gasteiger partial charge in [-0.05, 0) is 55.5 Å². The maximum absolute atomic E-state index is 13.8. The molecule has 3 rings (SSSR count). The van der Waals surface area contributed by atoms with Crippen LogP contribution in [-0.2, 0) is 19.4 Å². The van der Waals surface area contributed by atoms with Crippen LogP contribution in [0, 0.1) is 12.7 Å². The van der Waals surface area contributed by atoms with Crippen molar-refractivity contribution in [1.82, 2.24) is 4.98 Å². The Kier molecular flexibility index (Phi) is 3.40. The maximum atomic E-state index is 13.8. The highest BCUT2D eigenvalue weighted by Crippen LogP contribution is 2.30. The first-order valence-electron chi connectivity index (χ1n) is 6.83. The van der Waals surface area contributed by atoms with Gasteiger partial charge in [-0.25, -0.2) is 9.37 Å². The molecule has 2 N–H and O–H groups in total.